The zero-order valence-corrected chi connectivity index (χ0v) is 22.3. The number of carbonyl (C=O) groups excluding carboxylic acids is 1. The minimum Gasteiger partial charge on any atom is -0.372 e. The van der Waals surface area contributed by atoms with Crippen molar-refractivity contribution in [2.24, 2.45) is 5.92 Å². The van der Waals surface area contributed by atoms with E-state index < -0.39 is 0 Å². The molecule has 0 bridgehead atoms. The molecule has 0 N–H and O–H groups in total. The Balaban J connectivity index is 1.55. The van der Waals surface area contributed by atoms with Crippen molar-refractivity contribution in [1.82, 2.24) is 14.5 Å². The Morgan fingerprint density at radius 1 is 1.17 bits per heavy atom. The lowest BCUT2D eigenvalue weighted by Gasteiger charge is -2.29. The number of amides is 1. The molecule has 1 amide bonds. The van der Waals surface area contributed by atoms with Crippen molar-refractivity contribution in [1.29, 1.82) is 0 Å². The third-order valence-corrected chi connectivity index (χ3v) is 9.19. The van der Waals surface area contributed by atoms with Crippen molar-refractivity contribution in [2.45, 2.75) is 76.1 Å². The third kappa shape index (κ3) is 5.06. The minimum atomic E-state index is -0.303. The predicted molar refractivity (Wildman–Crippen MR) is 142 cm³/mol. The minimum absolute atomic E-state index is 0.0131. The number of carbonyl (C=O) groups is 1. The maximum atomic E-state index is 14.0. The second kappa shape index (κ2) is 10.4. The fraction of sp³-hybridized carbons (Fsp3) is 0.519. The van der Waals surface area contributed by atoms with E-state index in [-0.39, 0.29) is 22.8 Å². The largest absolute Gasteiger partial charge is 0.372 e. The predicted octanol–water partition coefficient (Wildman–Crippen LogP) is 5.10. The summed E-state index contributed by atoms with van der Waals surface area (Å²) in [5.41, 5.74) is 2.13. The van der Waals surface area contributed by atoms with Crippen LogP contribution in [0.4, 0.5) is 0 Å². The standard InChI is InChI=1S/C27H33N3O3S2/c1-17(2)21-14-20-22(16-33-21)35-24-23(20)26(32)30(15-19-10-6-4-7-11-19)27(28-24)34-18(3)25(31)29-12-8-5-9-13-29/h4,6-7,10-11,17-18,21H,5,8-9,12-16H2,1-3H3/t18-,21+/m0/s1. The van der Waals surface area contributed by atoms with Crippen LogP contribution in [0.15, 0.2) is 40.3 Å². The van der Waals surface area contributed by atoms with E-state index >= 15 is 0 Å². The Hall–Kier alpha value is -2.16. The van der Waals surface area contributed by atoms with E-state index in [1.54, 1.807) is 15.9 Å². The summed E-state index contributed by atoms with van der Waals surface area (Å²) in [6, 6.07) is 10.00. The van der Waals surface area contributed by atoms with Crippen molar-refractivity contribution in [3.05, 3.63) is 56.7 Å². The average molecular weight is 512 g/mol. The van der Waals surface area contributed by atoms with Gasteiger partial charge in [0.05, 0.1) is 29.9 Å². The van der Waals surface area contributed by atoms with Crippen molar-refractivity contribution >= 4 is 39.2 Å². The number of thiophene rings is 1. The summed E-state index contributed by atoms with van der Waals surface area (Å²) >= 11 is 2.97. The SMILES string of the molecule is CC(C)[C@H]1Cc2c(sc3nc(S[C@@H](C)C(=O)N4CCCCC4)n(Cc4ccccc4)c(=O)c23)CO1. The second-order valence-electron chi connectivity index (χ2n) is 9.90. The Morgan fingerprint density at radius 2 is 1.91 bits per heavy atom. The molecule has 1 fully saturated rings. The first-order chi connectivity index (χ1) is 16.9. The topological polar surface area (TPSA) is 64.4 Å². The van der Waals surface area contributed by atoms with Gasteiger partial charge in [-0.1, -0.05) is 55.9 Å². The molecule has 0 saturated carbocycles. The first-order valence-corrected chi connectivity index (χ1v) is 14.3. The van der Waals surface area contributed by atoms with E-state index in [2.05, 4.69) is 13.8 Å². The van der Waals surface area contributed by atoms with E-state index in [4.69, 9.17) is 9.72 Å². The van der Waals surface area contributed by atoms with Crippen LogP contribution in [-0.4, -0.2) is 44.8 Å². The molecule has 0 unspecified atom stereocenters. The van der Waals surface area contributed by atoms with Gasteiger partial charge in [-0.15, -0.1) is 11.3 Å². The number of hydrogen-bond donors (Lipinski definition) is 0. The number of hydrogen-bond acceptors (Lipinski definition) is 6. The monoisotopic (exact) mass is 511 g/mol. The molecule has 3 aromatic rings. The fourth-order valence-corrected chi connectivity index (χ4v) is 7.10. The molecule has 0 radical (unpaired) electrons. The molecule has 5 rings (SSSR count). The van der Waals surface area contributed by atoms with Gasteiger partial charge in [0, 0.05) is 24.4 Å². The van der Waals surface area contributed by atoms with Gasteiger partial charge in [0.15, 0.2) is 5.16 Å². The van der Waals surface area contributed by atoms with Gasteiger partial charge >= 0.3 is 0 Å². The Kier molecular flexibility index (Phi) is 7.32. The number of ether oxygens (including phenoxy) is 1. The van der Waals surface area contributed by atoms with Gasteiger partial charge < -0.3 is 9.64 Å². The highest BCUT2D eigenvalue weighted by Gasteiger charge is 2.30. The number of likely N-dealkylation sites (tertiary alicyclic amines) is 1. The van der Waals surface area contributed by atoms with Gasteiger partial charge in [-0.05, 0) is 43.2 Å². The van der Waals surface area contributed by atoms with Gasteiger partial charge in [0.1, 0.15) is 4.83 Å². The summed E-state index contributed by atoms with van der Waals surface area (Å²) < 4.78 is 7.85. The molecule has 186 valence electrons. The highest BCUT2D eigenvalue weighted by Crippen LogP contribution is 2.36. The van der Waals surface area contributed by atoms with Crippen molar-refractivity contribution in [3.8, 4) is 0 Å². The van der Waals surface area contributed by atoms with E-state index in [0.717, 1.165) is 58.6 Å². The molecule has 2 aliphatic heterocycles. The third-order valence-electron chi connectivity index (χ3n) is 7.02. The van der Waals surface area contributed by atoms with Crippen LogP contribution in [0.5, 0.6) is 0 Å². The molecular weight excluding hydrogens is 478 g/mol. The number of rotatable bonds is 6. The van der Waals surface area contributed by atoms with Crippen LogP contribution in [0.3, 0.4) is 0 Å². The molecule has 1 aromatic carbocycles. The molecule has 4 heterocycles. The highest BCUT2D eigenvalue weighted by molar-refractivity contribution is 8.00. The molecule has 0 aliphatic carbocycles. The molecule has 2 aromatic heterocycles. The summed E-state index contributed by atoms with van der Waals surface area (Å²) in [6.45, 7) is 8.86. The lowest BCUT2D eigenvalue weighted by molar-refractivity contribution is -0.131. The quantitative estimate of drug-likeness (QED) is 0.340. The number of fused-ring (bicyclic) bond motifs is 3. The number of nitrogens with zero attached hydrogens (tertiary/aromatic N) is 3. The molecular formula is C27H33N3O3S2. The summed E-state index contributed by atoms with van der Waals surface area (Å²) in [5.74, 6) is 0.517. The summed E-state index contributed by atoms with van der Waals surface area (Å²) in [4.78, 5) is 36.0. The van der Waals surface area contributed by atoms with E-state index in [1.807, 2.05) is 42.2 Å². The van der Waals surface area contributed by atoms with Crippen LogP contribution >= 0.6 is 23.1 Å². The van der Waals surface area contributed by atoms with Crippen LogP contribution in [0.25, 0.3) is 10.2 Å². The maximum absolute atomic E-state index is 14.0. The summed E-state index contributed by atoms with van der Waals surface area (Å²) in [5, 5.41) is 1.04. The van der Waals surface area contributed by atoms with Gasteiger partial charge in [0.25, 0.3) is 5.56 Å². The normalized spacial score (nSPS) is 19.2. The van der Waals surface area contributed by atoms with Crippen LogP contribution in [0.1, 0.15) is 56.0 Å². The molecule has 0 spiro atoms. The zero-order chi connectivity index (χ0) is 24.5. The van der Waals surface area contributed by atoms with E-state index in [0.29, 0.717) is 24.2 Å². The Bertz CT molecular complexity index is 1260. The molecule has 6 nitrogen and oxygen atoms in total. The number of benzene rings is 1. The van der Waals surface area contributed by atoms with Gasteiger partial charge in [-0.3, -0.25) is 14.2 Å². The summed E-state index contributed by atoms with van der Waals surface area (Å²) in [7, 11) is 0. The first-order valence-electron chi connectivity index (χ1n) is 12.6. The number of piperidine rings is 1. The summed E-state index contributed by atoms with van der Waals surface area (Å²) in [6.07, 6.45) is 4.16. The molecule has 2 aliphatic rings. The molecule has 8 heteroatoms. The second-order valence-corrected chi connectivity index (χ2v) is 12.3. The van der Waals surface area contributed by atoms with E-state index in [9.17, 15) is 9.59 Å². The maximum Gasteiger partial charge on any atom is 0.263 e. The smallest absolute Gasteiger partial charge is 0.263 e. The lowest BCUT2D eigenvalue weighted by atomic mass is 9.96. The lowest BCUT2D eigenvalue weighted by Crippen LogP contribution is -2.40. The molecule has 1 saturated heterocycles. The van der Waals surface area contributed by atoms with Crippen molar-refractivity contribution in [2.75, 3.05) is 13.1 Å². The van der Waals surface area contributed by atoms with Gasteiger partial charge in [-0.25, -0.2) is 4.98 Å². The number of thioether (sulfide) groups is 1. The van der Waals surface area contributed by atoms with Crippen molar-refractivity contribution < 1.29 is 9.53 Å². The van der Waals surface area contributed by atoms with Crippen molar-refractivity contribution in [3.63, 3.8) is 0 Å². The Labute approximate surface area is 214 Å². The number of aromatic nitrogens is 2. The highest BCUT2D eigenvalue weighted by atomic mass is 32.2. The molecule has 35 heavy (non-hydrogen) atoms. The Morgan fingerprint density at radius 3 is 2.63 bits per heavy atom. The average Bonchev–Trinajstić information content (AvgIpc) is 3.24. The van der Waals surface area contributed by atoms with Crippen LogP contribution < -0.4 is 5.56 Å². The van der Waals surface area contributed by atoms with Crippen LogP contribution in [-0.2, 0) is 29.1 Å². The van der Waals surface area contributed by atoms with Crippen LogP contribution in [0, 0.1) is 5.92 Å². The fourth-order valence-electron chi connectivity index (χ4n) is 4.94. The van der Waals surface area contributed by atoms with Gasteiger partial charge in [0.2, 0.25) is 5.91 Å². The van der Waals surface area contributed by atoms with E-state index in [1.165, 1.54) is 18.2 Å². The van der Waals surface area contributed by atoms with Crippen LogP contribution in [0.2, 0.25) is 0 Å². The van der Waals surface area contributed by atoms with Gasteiger partial charge in [-0.2, -0.15) is 0 Å². The zero-order valence-electron chi connectivity index (χ0n) is 20.7. The molecule has 2 atom stereocenters. The first kappa shape index (κ1) is 24.5.